The number of rotatable bonds is 3. The number of terminal acetylenes is 1. The minimum atomic E-state index is -4.36. The highest BCUT2D eigenvalue weighted by Crippen LogP contribution is 2.29. The lowest BCUT2D eigenvalue weighted by Crippen LogP contribution is -2.05. The van der Waals surface area contributed by atoms with Gasteiger partial charge in [0, 0.05) is 0 Å². The average Bonchev–Trinajstić information content (AvgIpc) is 2.24. The van der Waals surface area contributed by atoms with Crippen molar-refractivity contribution in [3.63, 3.8) is 0 Å². The molecular formula is C11H8F3NO. The van der Waals surface area contributed by atoms with Gasteiger partial charge in [0.1, 0.15) is 0 Å². The van der Waals surface area contributed by atoms with Gasteiger partial charge in [-0.2, -0.15) is 13.2 Å². The molecule has 0 saturated carbocycles. The second kappa shape index (κ2) is 5.21. The standard InChI is InChI=1S/C11H8F3NO/c1-2-6-16-15-8-9-4-3-5-10(7-9)11(12,13)14/h1,3-5,7-8H,6H2. The Bertz CT molecular complexity index is 418. The number of hydrogen-bond acceptors (Lipinski definition) is 2. The minimum absolute atomic E-state index is 0.0184. The third kappa shape index (κ3) is 3.65. The van der Waals surface area contributed by atoms with Crippen LogP contribution in [0.25, 0.3) is 0 Å². The maximum Gasteiger partial charge on any atom is 0.416 e. The molecule has 0 aliphatic rings. The van der Waals surface area contributed by atoms with Crippen LogP contribution in [0.5, 0.6) is 0 Å². The molecule has 0 aromatic heterocycles. The van der Waals surface area contributed by atoms with Crippen LogP contribution in [0, 0.1) is 12.3 Å². The van der Waals surface area contributed by atoms with Crippen molar-refractivity contribution < 1.29 is 18.0 Å². The van der Waals surface area contributed by atoms with Gasteiger partial charge in [-0.15, -0.1) is 6.42 Å². The van der Waals surface area contributed by atoms with Crippen LogP contribution in [-0.4, -0.2) is 12.8 Å². The summed E-state index contributed by atoms with van der Waals surface area (Å²) in [5.74, 6) is 2.17. The van der Waals surface area contributed by atoms with E-state index in [1.165, 1.54) is 18.3 Å². The molecule has 1 rings (SSSR count). The molecule has 0 atom stereocenters. The molecule has 1 aromatic rings. The number of nitrogens with zero attached hydrogens (tertiary/aromatic N) is 1. The van der Waals surface area contributed by atoms with Gasteiger partial charge in [-0.25, -0.2) is 0 Å². The largest absolute Gasteiger partial charge is 0.416 e. The SMILES string of the molecule is C#CCON=Cc1cccc(C(F)(F)F)c1. The van der Waals surface area contributed by atoms with E-state index >= 15 is 0 Å². The summed E-state index contributed by atoms with van der Waals surface area (Å²) in [6, 6.07) is 4.74. The summed E-state index contributed by atoms with van der Waals surface area (Å²) >= 11 is 0. The Balaban J connectivity index is 2.76. The van der Waals surface area contributed by atoms with E-state index in [-0.39, 0.29) is 6.61 Å². The van der Waals surface area contributed by atoms with Crippen LogP contribution in [0.2, 0.25) is 0 Å². The van der Waals surface area contributed by atoms with Crippen molar-refractivity contribution >= 4 is 6.21 Å². The summed E-state index contributed by atoms with van der Waals surface area (Å²) in [6.45, 7) is -0.0184. The Kier molecular flexibility index (Phi) is 3.95. The molecule has 0 amide bonds. The molecule has 0 fully saturated rings. The zero-order valence-corrected chi connectivity index (χ0v) is 8.16. The monoisotopic (exact) mass is 227 g/mol. The summed E-state index contributed by atoms with van der Waals surface area (Å²) in [6.07, 6.45) is 1.71. The molecule has 0 unspecified atom stereocenters. The van der Waals surface area contributed by atoms with E-state index in [0.717, 1.165) is 12.1 Å². The predicted molar refractivity (Wildman–Crippen MR) is 53.8 cm³/mol. The van der Waals surface area contributed by atoms with Crippen molar-refractivity contribution in [2.24, 2.45) is 5.16 Å². The van der Waals surface area contributed by atoms with Crippen LogP contribution in [0.3, 0.4) is 0 Å². The van der Waals surface area contributed by atoms with Gasteiger partial charge < -0.3 is 4.84 Å². The van der Waals surface area contributed by atoms with Crippen LogP contribution in [0.15, 0.2) is 29.4 Å². The second-order valence-electron chi connectivity index (χ2n) is 2.84. The third-order valence-electron chi connectivity index (χ3n) is 1.64. The summed E-state index contributed by atoms with van der Waals surface area (Å²) < 4.78 is 36.9. The van der Waals surface area contributed by atoms with Crippen LogP contribution in [0.4, 0.5) is 13.2 Å². The van der Waals surface area contributed by atoms with E-state index in [1.54, 1.807) is 0 Å². The lowest BCUT2D eigenvalue weighted by atomic mass is 10.1. The molecule has 84 valence electrons. The highest BCUT2D eigenvalue weighted by atomic mass is 19.4. The van der Waals surface area contributed by atoms with Gasteiger partial charge in [0.25, 0.3) is 0 Å². The molecule has 0 bridgehead atoms. The first kappa shape index (κ1) is 12.1. The first-order chi connectivity index (χ1) is 7.54. The quantitative estimate of drug-likeness (QED) is 0.336. The smallest absolute Gasteiger partial charge is 0.383 e. The maximum absolute atomic E-state index is 12.3. The van der Waals surface area contributed by atoms with Crippen LogP contribution >= 0.6 is 0 Å². The van der Waals surface area contributed by atoms with Crippen molar-refractivity contribution in [1.29, 1.82) is 0 Å². The lowest BCUT2D eigenvalue weighted by molar-refractivity contribution is -0.137. The normalized spacial score (nSPS) is 11.4. The lowest BCUT2D eigenvalue weighted by Gasteiger charge is -2.06. The molecular weight excluding hydrogens is 219 g/mol. The maximum atomic E-state index is 12.3. The molecule has 0 spiro atoms. The summed E-state index contributed by atoms with van der Waals surface area (Å²) in [5, 5.41) is 3.42. The molecule has 1 aromatic carbocycles. The number of benzene rings is 1. The Hall–Kier alpha value is -1.96. The first-order valence-corrected chi connectivity index (χ1v) is 4.30. The van der Waals surface area contributed by atoms with Gasteiger partial charge in [-0.3, -0.25) is 0 Å². The van der Waals surface area contributed by atoms with Gasteiger partial charge in [-0.1, -0.05) is 23.2 Å². The number of halogens is 3. The molecule has 0 aliphatic carbocycles. The molecule has 2 nitrogen and oxygen atoms in total. The molecule has 0 saturated heterocycles. The summed E-state index contributed by atoms with van der Waals surface area (Å²) in [4.78, 5) is 4.56. The topological polar surface area (TPSA) is 21.6 Å². The van der Waals surface area contributed by atoms with E-state index in [2.05, 4.69) is 15.9 Å². The molecule has 5 heteroatoms. The number of hydrogen-bond donors (Lipinski definition) is 0. The number of oxime groups is 1. The van der Waals surface area contributed by atoms with Gasteiger partial charge >= 0.3 is 6.18 Å². The highest BCUT2D eigenvalue weighted by molar-refractivity contribution is 5.79. The Morgan fingerprint density at radius 1 is 1.44 bits per heavy atom. The average molecular weight is 227 g/mol. The Labute approximate surface area is 90.7 Å². The van der Waals surface area contributed by atoms with Crippen molar-refractivity contribution in [3.05, 3.63) is 35.4 Å². The van der Waals surface area contributed by atoms with Gasteiger partial charge in [0.2, 0.25) is 0 Å². The molecule has 0 N–H and O–H groups in total. The van der Waals surface area contributed by atoms with Crippen molar-refractivity contribution in [3.8, 4) is 12.3 Å². The van der Waals surface area contributed by atoms with E-state index in [9.17, 15) is 13.2 Å². The first-order valence-electron chi connectivity index (χ1n) is 4.30. The Morgan fingerprint density at radius 3 is 2.81 bits per heavy atom. The molecule has 0 aliphatic heterocycles. The van der Waals surface area contributed by atoms with Gasteiger partial charge in [-0.05, 0) is 17.7 Å². The van der Waals surface area contributed by atoms with Crippen LogP contribution < -0.4 is 0 Å². The second-order valence-corrected chi connectivity index (χ2v) is 2.84. The molecule has 0 radical (unpaired) electrons. The summed E-state index contributed by atoms with van der Waals surface area (Å²) in [7, 11) is 0. The van der Waals surface area contributed by atoms with Crippen LogP contribution in [-0.2, 0) is 11.0 Å². The highest BCUT2D eigenvalue weighted by Gasteiger charge is 2.30. The van der Waals surface area contributed by atoms with E-state index < -0.39 is 11.7 Å². The zero-order chi connectivity index (χ0) is 12.0. The summed E-state index contributed by atoms with van der Waals surface area (Å²) in [5.41, 5.74) is -0.430. The fourth-order valence-corrected chi connectivity index (χ4v) is 0.968. The minimum Gasteiger partial charge on any atom is -0.383 e. The van der Waals surface area contributed by atoms with Crippen molar-refractivity contribution in [1.82, 2.24) is 0 Å². The molecule has 16 heavy (non-hydrogen) atoms. The van der Waals surface area contributed by atoms with E-state index in [4.69, 9.17) is 6.42 Å². The third-order valence-corrected chi connectivity index (χ3v) is 1.64. The molecule has 0 heterocycles. The predicted octanol–water partition coefficient (Wildman–Crippen LogP) is 2.69. The number of alkyl halides is 3. The fraction of sp³-hybridized carbons (Fsp3) is 0.182. The zero-order valence-electron chi connectivity index (χ0n) is 8.16. The van der Waals surface area contributed by atoms with Crippen molar-refractivity contribution in [2.45, 2.75) is 6.18 Å². The van der Waals surface area contributed by atoms with Crippen LogP contribution in [0.1, 0.15) is 11.1 Å². The van der Waals surface area contributed by atoms with E-state index in [1.807, 2.05) is 0 Å². The van der Waals surface area contributed by atoms with Gasteiger partial charge in [0.15, 0.2) is 6.61 Å². The Morgan fingerprint density at radius 2 is 2.19 bits per heavy atom. The van der Waals surface area contributed by atoms with Gasteiger partial charge in [0.05, 0.1) is 11.8 Å². The fourth-order valence-electron chi connectivity index (χ4n) is 0.968. The van der Waals surface area contributed by atoms with E-state index in [0.29, 0.717) is 5.56 Å². The van der Waals surface area contributed by atoms with Crippen molar-refractivity contribution in [2.75, 3.05) is 6.61 Å².